The predicted molar refractivity (Wildman–Crippen MR) is 61.2 cm³/mol. The van der Waals surface area contributed by atoms with Gasteiger partial charge in [-0.1, -0.05) is 29.5 Å². The van der Waals surface area contributed by atoms with Crippen LogP contribution in [-0.4, -0.2) is 15.4 Å². The summed E-state index contributed by atoms with van der Waals surface area (Å²) in [6, 6.07) is 5.52. The Morgan fingerprint density at radius 3 is 3.00 bits per heavy atom. The molecular formula is C10H9ClN4. The molecule has 4 nitrogen and oxygen atoms in total. The fourth-order valence-corrected chi connectivity index (χ4v) is 1.40. The number of rotatable bonds is 3. The van der Waals surface area contributed by atoms with Crippen LogP contribution >= 0.6 is 11.6 Å². The molecule has 0 saturated heterocycles. The van der Waals surface area contributed by atoms with E-state index in [2.05, 4.69) is 27.3 Å². The quantitative estimate of drug-likeness (QED) is 0.836. The summed E-state index contributed by atoms with van der Waals surface area (Å²) in [6.45, 7) is 3.72. The van der Waals surface area contributed by atoms with Gasteiger partial charge in [0.25, 0.3) is 0 Å². The van der Waals surface area contributed by atoms with E-state index in [0.717, 1.165) is 17.1 Å². The predicted octanol–water partition coefficient (Wildman–Crippen LogP) is 2.84. The Hall–Kier alpha value is -1.81. The molecule has 0 atom stereocenters. The van der Waals surface area contributed by atoms with Crippen molar-refractivity contribution in [2.24, 2.45) is 0 Å². The highest BCUT2D eigenvalue weighted by Gasteiger charge is 2.01. The Labute approximate surface area is 92.0 Å². The molecule has 0 aliphatic heterocycles. The van der Waals surface area contributed by atoms with Crippen molar-refractivity contribution in [3.8, 4) is 0 Å². The molecule has 2 rings (SSSR count). The van der Waals surface area contributed by atoms with Crippen molar-refractivity contribution in [1.82, 2.24) is 15.4 Å². The van der Waals surface area contributed by atoms with Crippen LogP contribution in [0.3, 0.4) is 0 Å². The monoisotopic (exact) mass is 220 g/mol. The SMILES string of the molecule is C=Cc1cc(Cl)ccc1Nc1cnn[nH]1. The van der Waals surface area contributed by atoms with Crippen LogP contribution in [0.2, 0.25) is 5.02 Å². The van der Waals surface area contributed by atoms with Gasteiger partial charge in [0.15, 0.2) is 0 Å². The lowest BCUT2D eigenvalue weighted by atomic mass is 10.2. The molecule has 0 aliphatic rings. The molecular weight excluding hydrogens is 212 g/mol. The topological polar surface area (TPSA) is 53.6 Å². The van der Waals surface area contributed by atoms with E-state index >= 15 is 0 Å². The Kier molecular flexibility index (Phi) is 2.69. The zero-order valence-electron chi connectivity index (χ0n) is 7.87. The largest absolute Gasteiger partial charge is 0.339 e. The number of anilines is 2. The van der Waals surface area contributed by atoms with Gasteiger partial charge < -0.3 is 5.32 Å². The standard InChI is InChI=1S/C10H9ClN4/c1-2-7-5-8(11)3-4-9(7)13-10-6-12-15-14-10/h2-6H,1H2,(H2,12,13,14,15). The van der Waals surface area contributed by atoms with E-state index in [1.807, 2.05) is 12.1 Å². The zero-order chi connectivity index (χ0) is 10.7. The molecule has 1 aromatic carbocycles. The maximum Gasteiger partial charge on any atom is 0.146 e. The van der Waals surface area contributed by atoms with Gasteiger partial charge in [0.2, 0.25) is 0 Å². The molecule has 0 spiro atoms. The molecule has 0 fully saturated rings. The van der Waals surface area contributed by atoms with E-state index in [9.17, 15) is 0 Å². The summed E-state index contributed by atoms with van der Waals surface area (Å²) < 4.78 is 0. The molecule has 0 aliphatic carbocycles. The van der Waals surface area contributed by atoms with Gasteiger partial charge in [-0.3, -0.25) is 0 Å². The molecule has 2 aromatic rings. The molecule has 76 valence electrons. The lowest BCUT2D eigenvalue weighted by molar-refractivity contribution is 0.942. The van der Waals surface area contributed by atoms with Crippen LogP contribution in [-0.2, 0) is 0 Å². The maximum absolute atomic E-state index is 5.87. The summed E-state index contributed by atoms with van der Waals surface area (Å²) in [6.07, 6.45) is 3.33. The summed E-state index contributed by atoms with van der Waals surface area (Å²) >= 11 is 5.87. The molecule has 2 N–H and O–H groups in total. The average molecular weight is 221 g/mol. The Morgan fingerprint density at radius 2 is 2.33 bits per heavy atom. The van der Waals surface area contributed by atoms with Gasteiger partial charge >= 0.3 is 0 Å². The minimum absolute atomic E-state index is 0.679. The summed E-state index contributed by atoms with van der Waals surface area (Å²) in [7, 11) is 0. The van der Waals surface area contributed by atoms with Crippen LogP contribution < -0.4 is 5.32 Å². The maximum atomic E-state index is 5.87. The van der Waals surface area contributed by atoms with Gasteiger partial charge in [-0.05, 0) is 23.8 Å². The number of hydrogen-bond acceptors (Lipinski definition) is 3. The van der Waals surface area contributed by atoms with Crippen molar-refractivity contribution < 1.29 is 0 Å². The fourth-order valence-electron chi connectivity index (χ4n) is 1.22. The first-order valence-corrected chi connectivity index (χ1v) is 4.72. The highest BCUT2D eigenvalue weighted by atomic mass is 35.5. The molecule has 15 heavy (non-hydrogen) atoms. The van der Waals surface area contributed by atoms with Gasteiger partial charge in [-0.15, -0.1) is 5.10 Å². The molecule has 0 radical (unpaired) electrons. The number of aromatic nitrogens is 3. The van der Waals surface area contributed by atoms with E-state index in [-0.39, 0.29) is 0 Å². The molecule has 0 saturated carbocycles. The third kappa shape index (κ3) is 2.16. The molecule has 1 heterocycles. The molecule has 0 bridgehead atoms. The Bertz CT molecular complexity index is 464. The van der Waals surface area contributed by atoms with E-state index in [4.69, 9.17) is 11.6 Å². The third-order valence-electron chi connectivity index (χ3n) is 1.92. The second-order valence-electron chi connectivity index (χ2n) is 2.93. The number of nitrogens with one attached hydrogen (secondary N) is 2. The van der Waals surface area contributed by atoms with Gasteiger partial charge in [0.05, 0.1) is 6.20 Å². The van der Waals surface area contributed by atoms with Crippen molar-refractivity contribution in [1.29, 1.82) is 0 Å². The number of aromatic amines is 1. The van der Waals surface area contributed by atoms with Gasteiger partial charge in [0.1, 0.15) is 5.82 Å². The third-order valence-corrected chi connectivity index (χ3v) is 2.15. The van der Waals surface area contributed by atoms with Crippen molar-refractivity contribution in [2.75, 3.05) is 5.32 Å². The number of hydrogen-bond donors (Lipinski definition) is 2. The van der Waals surface area contributed by atoms with Crippen LogP contribution in [0.15, 0.2) is 31.0 Å². The Morgan fingerprint density at radius 1 is 1.47 bits per heavy atom. The normalized spacial score (nSPS) is 9.93. The number of halogens is 1. The van der Waals surface area contributed by atoms with E-state index in [0.29, 0.717) is 5.02 Å². The van der Waals surface area contributed by atoms with Crippen molar-refractivity contribution in [3.63, 3.8) is 0 Å². The van der Waals surface area contributed by atoms with Crippen LogP contribution in [0, 0.1) is 0 Å². The van der Waals surface area contributed by atoms with Crippen molar-refractivity contribution in [2.45, 2.75) is 0 Å². The zero-order valence-corrected chi connectivity index (χ0v) is 8.62. The first kappa shape index (κ1) is 9.73. The van der Waals surface area contributed by atoms with Gasteiger partial charge in [0, 0.05) is 10.7 Å². The van der Waals surface area contributed by atoms with Crippen molar-refractivity contribution >= 4 is 29.2 Å². The first-order valence-electron chi connectivity index (χ1n) is 4.34. The second kappa shape index (κ2) is 4.14. The second-order valence-corrected chi connectivity index (χ2v) is 3.37. The lowest BCUT2D eigenvalue weighted by Crippen LogP contribution is -1.93. The highest BCUT2D eigenvalue weighted by Crippen LogP contribution is 2.23. The first-order chi connectivity index (χ1) is 7.29. The van der Waals surface area contributed by atoms with E-state index < -0.39 is 0 Å². The van der Waals surface area contributed by atoms with Crippen LogP contribution in [0.4, 0.5) is 11.5 Å². The number of nitrogens with zero attached hydrogens (tertiary/aromatic N) is 2. The van der Waals surface area contributed by atoms with Crippen LogP contribution in [0.1, 0.15) is 5.56 Å². The van der Waals surface area contributed by atoms with Gasteiger partial charge in [-0.25, -0.2) is 5.10 Å². The number of benzene rings is 1. The minimum Gasteiger partial charge on any atom is -0.339 e. The highest BCUT2D eigenvalue weighted by molar-refractivity contribution is 6.30. The molecule has 0 amide bonds. The summed E-state index contributed by atoms with van der Waals surface area (Å²) in [5.41, 5.74) is 1.83. The molecule has 0 unspecified atom stereocenters. The summed E-state index contributed by atoms with van der Waals surface area (Å²) in [5.74, 6) is 0.723. The number of H-pyrrole nitrogens is 1. The van der Waals surface area contributed by atoms with Crippen LogP contribution in [0.5, 0.6) is 0 Å². The Balaban J connectivity index is 2.32. The fraction of sp³-hybridized carbons (Fsp3) is 0. The average Bonchev–Trinajstić information content (AvgIpc) is 2.73. The summed E-state index contributed by atoms with van der Waals surface area (Å²) in [4.78, 5) is 0. The van der Waals surface area contributed by atoms with E-state index in [1.54, 1.807) is 18.3 Å². The van der Waals surface area contributed by atoms with Crippen LogP contribution in [0.25, 0.3) is 6.08 Å². The smallest absolute Gasteiger partial charge is 0.146 e. The van der Waals surface area contributed by atoms with Gasteiger partial charge in [-0.2, -0.15) is 0 Å². The molecule has 5 heteroatoms. The van der Waals surface area contributed by atoms with Crippen molar-refractivity contribution in [3.05, 3.63) is 41.6 Å². The summed E-state index contributed by atoms with van der Waals surface area (Å²) in [5, 5.41) is 13.8. The van der Waals surface area contributed by atoms with E-state index in [1.165, 1.54) is 0 Å². The minimum atomic E-state index is 0.679. The molecule has 1 aromatic heterocycles. The lowest BCUT2D eigenvalue weighted by Gasteiger charge is -2.07.